The first-order chi connectivity index (χ1) is 17.3. The van der Waals surface area contributed by atoms with Crippen LogP contribution in [0.2, 0.25) is 0 Å². The molecule has 0 aliphatic heterocycles. The number of hydrogen-bond donors (Lipinski definition) is 1. The van der Waals surface area contributed by atoms with E-state index in [9.17, 15) is 14.7 Å². The zero-order valence-electron chi connectivity index (χ0n) is 20.6. The number of carboxylic acids is 1. The Bertz CT molecular complexity index is 1420. The molecular formula is C27H29N5O3S. The van der Waals surface area contributed by atoms with Crippen molar-refractivity contribution in [3.63, 3.8) is 0 Å². The quantitative estimate of drug-likeness (QED) is 0.329. The molecule has 1 aliphatic carbocycles. The van der Waals surface area contributed by atoms with Gasteiger partial charge in [-0.15, -0.1) is 11.3 Å². The van der Waals surface area contributed by atoms with Gasteiger partial charge < -0.3 is 5.11 Å². The molecular weight excluding hydrogens is 474 g/mol. The summed E-state index contributed by atoms with van der Waals surface area (Å²) in [6.45, 7) is 4.03. The van der Waals surface area contributed by atoms with Crippen LogP contribution in [-0.2, 0) is 16.6 Å². The van der Waals surface area contributed by atoms with Crippen LogP contribution >= 0.6 is 11.3 Å². The number of hydrogen-bond acceptors (Lipinski definition) is 6. The first kappa shape index (κ1) is 24.1. The number of anilines is 1. The van der Waals surface area contributed by atoms with Gasteiger partial charge in [0.1, 0.15) is 0 Å². The molecule has 1 fully saturated rings. The molecule has 1 saturated carbocycles. The van der Waals surface area contributed by atoms with Crippen molar-refractivity contribution in [3.8, 4) is 22.4 Å². The summed E-state index contributed by atoms with van der Waals surface area (Å²) >= 11 is 1.43. The van der Waals surface area contributed by atoms with E-state index in [1.54, 1.807) is 15.8 Å². The minimum atomic E-state index is -0.947. The van der Waals surface area contributed by atoms with Crippen LogP contribution in [0.5, 0.6) is 0 Å². The molecule has 36 heavy (non-hydrogen) atoms. The first-order valence-corrected chi connectivity index (χ1v) is 13.1. The van der Waals surface area contributed by atoms with Gasteiger partial charge in [-0.2, -0.15) is 5.10 Å². The van der Waals surface area contributed by atoms with Crippen molar-refractivity contribution >= 4 is 39.4 Å². The van der Waals surface area contributed by atoms with E-state index in [4.69, 9.17) is 4.98 Å². The molecule has 1 aromatic carbocycles. The smallest absolute Gasteiger partial charge is 0.304 e. The third-order valence-electron chi connectivity index (χ3n) is 6.46. The monoisotopic (exact) mass is 503 g/mol. The maximum absolute atomic E-state index is 13.6. The minimum Gasteiger partial charge on any atom is -0.481 e. The van der Waals surface area contributed by atoms with Gasteiger partial charge >= 0.3 is 5.97 Å². The number of carbonyl (C=O) groups excluding carboxylic acids is 1. The standard InChI is InChI=1S/C27H29N5O3S/c1-16(2)10-17(12-24(33)34)26(35)32(20-8-9-20)27-30-23(15-36-27)22-7-5-4-6-21(22)18-11-19-14-29-31(3)25(19)28-13-18/h4-7,11,13-17,20H,8-10,12H2,1-3H3,(H,33,34)/t17-/m1/s1. The lowest BCUT2D eigenvalue weighted by Crippen LogP contribution is -2.39. The van der Waals surface area contributed by atoms with Gasteiger partial charge in [-0.05, 0) is 36.8 Å². The number of carbonyl (C=O) groups is 2. The zero-order valence-corrected chi connectivity index (χ0v) is 21.4. The van der Waals surface area contributed by atoms with E-state index in [1.807, 2.05) is 56.7 Å². The van der Waals surface area contributed by atoms with E-state index in [1.165, 1.54) is 11.3 Å². The number of carboxylic acid groups (broad SMARTS) is 1. The zero-order chi connectivity index (χ0) is 25.4. The molecule has 4 aromatic rings. The molecule has 0 unspecified atom stereocenters. The number of aryl methyl sites for hydroxylation is 1. The van der Waals surface area contributed by atoms with Crippen LogP contribution in [0.15, 0.2) is 48.1 Å². The molecule has 0 bridgehead atoms. The summed E-state index contributed by atoms with van der Waals surface area (Å²) in [7, 11) is 1.87. The van der Waals surface area contributed by atoms with E-state index in [-0.39, 0.29) is 24.3 Å². The van der Waals surface area contributed by atoms with Crippen molar-refractivity contribution in [3.05, 3.63) is 48.1 Å². The van der Waals surface area contributed by atoms with Crippen LogP contribution in [0.1, 0.15) is 39.5 Å². The fourth-order valence-corrected chi connectivity index (χ4v) is 5.56. The topological polar surface area (TPSA) is 101 Å². The highest BCUT2D eigenvalue weighted by molar-refractivity contribution is 7.14. The van der Waals surface area contributed by atoms with Gasteiger partial charge in [-0.25, -0.2) is 9.97 Å². The van der Waals surface area contributed by atoms with Crippen LogP contribution in [0.3, 0.4) is 0 Å². The Labute approximate surface area is 213 Å². The molecule has 1 N–H and O–H groups in total. The van der Waals surface area contributed by atoms with Crippen molar-refractivity contribution in [1.29, 1.82) is 0 Å². The average Bonchev–Trinajstić information content (AvgIpc) is 3.44. The molecule has 1 aliphatic rings. The first-order valence-electron chi connectivity index (χ1n) is 12.2. The van der Waals surface area contributed by atoms with E-state index in [0.29, 0.717) is 11.6 Å². The van der Waals surface area contributed by atoms with Crippen molar-refractivity contribution < 1.29 is 14.7 Å². The summed E-state index contributed by atoms with van der Waals surface area (Å²) < 4.78 is 1.75. The Morgan fingerprint density at radius 2 is 1.94 bits per heavy atom. The minimum absolute atomic E-state index is 0.0902. The Balaban J connectivity index is 1.48. The molecule has 3 heterocycles. The number of thiazole rings is 1. The van der Waals surface area contributed by atoms with Crippen LogP contribution in [0.4, 0.5) is 5.13 Å². The Morgan fingerprint density at radius 1 is 1.19 bits per heavy atom. The highest BCUT2D eigenvalue weighted by Crippen LogP contribution is 2.39. The predicted octanol–water partition coefficient (Wildman–Crippen LogP) is 5.39. The van der Waals surface area contributed by atoms with Gasteiger partial charge in [0.15, 0.2) is 10.8 Å². The van der Waals surface area contributed by atoms with Crippen molar-refractivity contribution in [2.75, 3.05) is 4.90 Å². The van der Waals surface area contributed by atoms with E-state index in [2.05, 4.69) is 16.1 Å². The van der Waals surface area contributed by atoms with Gasteiger partial charge in [0.05, 0.1) is 18.3 Å². The molecule has 8 nitrogen and oxygen atoms in total. The van der Waals surface area contributed by atoms with E-state index < -0.39 is 11.9 Å². The second-order valence-corrected chi connectivity index (χ2v) is 10.7. The fourth-order valence-electron chi connectivity index (χ4n) is 4.66. The predicted molar refractivity (Wildman–Crippen MR) is 141 cm³/mol. The van der Waals surface area contributed by atoms with Crippen LogP contribution < -0.4 is 4.90 Å². The number of aromatic nitrogens is 4. The number of fused-ring (bicyclic) bond motifs is 1. The van der Waals surface area contributed by atoms with Gasteiger partial charge in [0.25, 0.3) is 0 Å². The molecule has 5 rings (SSSR count). The maximum Gasteiger partial charge on any atom is 0.304 e. The molecule has 3 aromatic heterocycles. The third kappa shape index (κ3) is 4.88. The second kappa shape index (κ2) is 9.81. The van der Waals surface area contributed by atoms with Crippen molar-refractivity contribution in [2.45, 2.75) is 45.6 Å². The average molecular weight is 504 g/mol. The summed E-state index contributed by atoms with van der Waals surface area (Å²) in [5.74, 6) is -1.41. The van der Waals surface area contributed by atoms with Crippen LogP contribution in [0, 0.1) is 11.8 Å². The molecule has 1 atom stereocenters. The SMILES string of the molecule is CC(C)C[C@H](CC(=O)O)C(=O)N(c1nc(-c2ccccc2-c2cnc3c(cnn3C)c2)cs1)C1CC1. The number of nitrogens with zero attached hydrogens (tertiary/aromatic N) is 5. The maximum atomic E-state index is 13.6. The van der Waals surface area contributed by atoms with Crippen LogP contribution in [-0.4, -0.2) is 42.8 Å². The summed E-state index contributed by atoms with van der Waals surface area (Å²) in [5, 5.41) is 17.3. The summed E-state index contributed by atoms with van der Waals surface area (Å²) in [5.41, 5.74) is 4.53. The number of rotatable bonds is 9. The molecule has 0 radical (unpaired) electrons. The molecule has 186 valence electrons. The lowest BCUT2D eigenvalue weighted by Gasteiger charge is -2.25. The number of amides is 1. The lowest BCUT2D eigenvalue weighted by molar-refractivity contribution is -0.140. The van der Waals surface area contributed by atoms with Gasteiger partial charge in [0.2, 0.25) is 5.91 Å². The normalized spacial score (nSPS) is 14.3. The van der Waals surface area contributed by atoms with Crippen molar-refractivity contribution in [1.82, 2.24) is 19.7 Å². The Kier molecular flexibility index (Phi) is 6.57. The lowest BCUT2D eigenvalue weighted by atomic mass is 9.93. The molecule has 0 saturated heterocycles. The highest BCUT2D eigenvalue weighted by Gasteiger charge is 2.39. The summed E-state index contributed by atoms with van der Waals surface area (Å²) in [6, 6.07) is 10.2. The van der Waals surface area contributed by atoms with E-state index in [0.717, 1.165) is 46.3 Å². The fraction of sp³-hybridized carbons (Fsp3) is 0.370. The number of aliphatic carboxylic acids is 1. The van der Waals surface area contributed by atoms with Gasteiger partial charge in [-0.1, -0.05) is 38.1 Å². The molecule has 9 heteroatoms. The molecule has 0 spiro atoms. The molecule has 1 amide bonds. The number of pyridine rings is 1. The highest BCUT2D eigenvalue weighted by atomic mass is 32.1. The van der Waals surface area contributed by atoms with E-state index >= 15 is 0 Å². The van der Waals surface area contributed by atoms with Gasteiger partial charge in [0, 0.05) is 47.1 Å². The largest absolute Gasteiger partial charge is 0.481 e. The van der Waals surface area contributed by atoms with Crippen LogP contribution in [0.25, 0.3) is 33.4 Å². The van der Waals surface area contributed by atoms with Crippen molar-refractivity contribution in [2.24, 2.45) is 18.9 Å². The number of benzene rings is 1. The van der Waals surface area contributed by atoms with Gasteiger partial charge in [-0.3, -0.25) is 19.2 Å². The third-order valence-corrected chi connectivity index (χ3v) is 7.30. The summed E-state index contributed by atoms with van der Waals surface area (Å²) in [4.78, 5) is 36.3. The Morgan fingerprint density at radius 3 is 2.64 bits per heavy atom. The summed E-state index contributed by atoms with van der Waals surface area (Å²) in [6.07, 6.45) is 5.85. The second-order valence-electron chi connectivity index (χ2n) is 9.83. The Hall–Kier alpha value is -3.59.